The molecule has 0 bridgehead atoms. The number of aromatic nitrogens is 1. The Morgan fingerprint density at radius 2 is 1.83 bits per heavy atom. The number of nitrogens with zero attached hydrogens (tertiary/aromatic N) is 1. The van der Waals surface area contributed by atoms with Crippen LogP contribution in [-0.2, 0) is 6.61 Å². The highest BCUT2D eigenvalue weighted by molar-refractivity contribution is 5.96. The first kappa shape index (κ1) is 18.7. The highest BCUT2D eigenvalue weighted by Gasteiger charge is 2.13. The minimum atomic E-state index is -0.551. The van der Waals surface area contributed by atoms with E-state index in [-0.39, 0.29) is 5.69 Å². The molecule has 29 heavy (non-hydrogen) atoms. The van der Waals surface area contributed by atoms with Gasteiger partial charge in [0.2, 0.25) is 0 Å². The van der Waals surface area contributed by atoms with Gasteiger partial charge in [0.1, 0.15) is 12.4 Å². The molecule has 4 aromatic rings. The first-order valence-corrected chi connectivity index (χ1v) is 9.03. The number of methoxy groups -OCH3 is 1. The van der Waals surface area contributed by atoms with Crippen molar-refractivity contribution < 1.29 is 19.1 Å². The van der Waals surface area contributed by atoms with E-state index in [0.717, 1.165) is 16.5 Å². The van der Waals surface area contributed by atoms with Gasteiger partial charge in [-0.3, -0.25) is 15.7 Å². The maximum Gasteiger partial charge on any atom is 0.163 e. The van der Waals surface area contributed by atoms with Gasteiger partial charge in [0.15, 0.2) is 11.5 Å². The Kier molecular flexibility index (Phi) is 5.27. The Morgan fingerprint density at radius 1 is 1.00 bits per heavy atom. The molecule has 5 nitrogen and oxygen atoms in total. The van der Waals surface area contributed by atoms with E-state index in [4.69, 9.17) is 14.7 Å². The van der Waals surface area contributed by atoms with E-state index in [1.165, 1.54) is 12.1 Å². The van der Waals surface area contributed by atoms with Crippen LogP contribution in [0, 0.1) is 5.82 Å². The summed E-state index contributed by atoms with van der Waals surface area (Å²) in [5.41, 5.74) is 5.06. The fourth-order valence-electron chi connectivity index (χ4n) is 3.19. The van der Waals surface area contributed by atoms with Gasteiger partial charge in [0, 0.05) is 17.6 Å². The summed E-state index contributed by atoms with van der Waals surface area (Å²) in [6.07, 6.45) is 1.67. The lowest BCUT2D eigenvalue weighted by molar-refractivity contribution is 0.285. The van der Waals surface area contributed by atoms with E-state index in [1.54, 1.807) is 19.4 Å². The zero-order valence-electron chi connectivity index (χ0n) is 15.7. The SMILES string of the molecule is COc1cc2c(-c3ccc(NO)c(F)c3)ccnc2cc1OCc1ccccc1. The second-order valence-electron chi connectivity index (χ2n) is 6.46. The molecule has 0 radical (unpaired) electrons. The molecular formula is C23H19FN2O3. The molecule has 0 saturated heterocycles. The zero-order chi connectivity index (χ0) is 20.2. The molecule has 0 aliphatic rings. The number of halogens is 1. The van der Waals surface area contributed by atoms with Crippen LogP contribution >= 0.6 is 0 Å². The normalized spacial score (nSPS) is 10.7. The number of benzene rings is 3. The molecule has 4 rings (SSSR count). The number of rotatable bonds is 6. The lowest BCUT2D eigenvalue weighted by atomic mass is 10.0. The summed E-state index contributed by atoms with van der Waals surface area (Å²) in [7, 11) is 1.58. The van der Waals surface area contributed by atoms with Crippen LogP contribution in [0.5, 0.6) is 11.5 Å². The highest BCUT2D eigenvalue weighted by Crippen LogP contribution is 2.37. The predicted octanol–water partition coefficient (Wildman–Crippen LogP) is 5.43. The molecule has 6 heteroatoms. The molecular weight excluding hydrogens is 371 g/mol. The Morgan fingerprint density at radius 3 is 2.55 bits per heavy atom. The van der Waals surface area contributed by atoms with Gasteiger partial charge in [0.25, 0.3) is 0 Å². The molecule has 0 aliphatic carbocycles. The maximum absolute atomic E-state index is 14.1. The van der Waals surface area contributed by atoms with Gasteiger partial charge in [-0.1, -0.05) is 36.4 Å². The lowest BCUT2D eigenvalue weighted by Crippen LogP contribution is -1.98. The molecule has 0 fully saturated rings. The fraction of sp³-hybridized carbons (Fsp3) is 0.0870. The zero-order valence-corrected chi connectivity index (χ0v) is 15.7. The first-order chi connectivity index (χ1) is 14.2. The minimum Gasteiger partial charge on any atom is -0.493 e. The topological polar surface area (TPSA) is 63.6 Å². The van der Waals surface area contributed by atoms with Crippen LogP contribution in [0.25, 0.3) is 22.0 Å². The van der Waals surface area contributed by atoms with E-state index in [9.17, 15) is 4.39 Å². The molecule has 0 amide bonds. The Bertz CT molecular complexity index is 1150. The van der Waals surface area contributed by atoms with Crippen LogP contribution < -0.4 is 15.0 Å². The van der Waals surface area contributed by atoms with Crippen molar-refractivity contribution >= 4 is 16.6 Å². The number of ether oxygens (including phenoxy) is 2. The van der Waals surface area contributed by atoms with Crippen LogP contribution in [-0.4, -0.2) is 17.3 Å². The van der Waals surface area contributed by atoms with Crippen molar-refractivity contribution in [1.29, 1.82) is 0 Å². The highest BCUT2D eigenvalue weighted by atomic mass is 19.1. The maximum atomic E-state index is 14.1. The van der Waals surface area contributed by atoms with Gasteiger partial charge in [-0.2, -0.15) is 0 Å². The number of nitrogens with one attached hydrogen (secondary N) is 1. The van der Waals surface area contributed by atoms with Crippen molar-refractivity contribution in [2.45, 2.75) is 6.61 Å². The van der Waals surface area contributed by atoms with E-state index in [0.29, 0.717) is 29.2 Å². The van der Waals surface area contributed by atoms with Crippen LogP contribution in [0.1, 0.15) is 5.56 Å². The summed E-state index contributed by atoms with van der Waals surface area (Å²) >= 11 is 0. The van der Waals surface area contributed by atoms with E-state index in [1.807, 2.05) is 54.0 Å². The molecule has 1 heterocycles. The minimum absolute atomic E-state index is 0.0151. The van der Waals surface area contributed by atoms with Crippen LogP contribution in [0.4, 0.5) is 10.1 Å². The average molecular weight is 390 g/mol. The standard InChI is InChI=1S/C23H19FN2O3/c1-28-22-12-18-17(16-7-8-20(26-27)19(24)11-16)9-10-25-21(18)13-23(22)29-14-15-5-3-2-4-6-15/h2-13,26-27H,14H2,1H3. The molecule has 0 spiro atoms. The Hall–Kier alpha value is -3.64. The average Bonchev–Trinajstić information content (AvgIpc) is 2.77. The monoisotopic (exact) mass is 390 g/mol. The number of hydrogen-bond donors (Lipinski definition) is 2. The molecule has 2 N–H and O–H groups in total. The van der Waals surface area contributed by atoms with Gasteiger partial charge in [0.05, 0.1) is 18.3 Å². The smallest absolute Gasteiger partial charge is 0.163 e. The number of hydrogen-bond acceptors (Lipinski definition) is 5. The van der Waals surface area contributed by atoms with Gasteiger partial charge in [-0.05, 0) is 41.0 Å². The lowest BCUT2D eigenvalue weighted by Gasteiger charge is -2.14. The third-order valence-electron chi connectivity index (χ3n) is 4.66. The first-order valence-electron chi connectivity index (χ1n) is 9.03. The van der Waals surface area contributed by atoms with Crippen molar-refractivity contribution in [2.75, 3.05) is 12.6 Å². The largest absolute Gasteiger partial charge is 0.493 e. The quantitative estimate of drug-likeness (QED) is 0.430. The van der Waals surface area contributed by atoms with Gasteiger partial charge in [-0.25, -0.2) is 4.39 Å². The molecule has 0 atom stereocenters. The summed E-state index contributed by atoms with van der Waals surface area (Å²) in [6.45, 7) is 0.406. The molecule has 0 saturated carbocycles. The van der Waals surface area contributed by atoms with Crippen LogP contribution in [0.2, 0.25) is 0 Å². The molecule has 1 aromatic heterocycles. The fourth-order valence-corrected chi connectivity index (χ4v) is 3.19. The van der Waals surface area contributed by atoms with E-state index < -0.39 is 5.82 Å². The second kappa shape index (κ2) is 8.16. The molecule has 0 unspecified atom stereocenters. The summed E-state index contributed by atoms with van der Waals surface area (Å²) in [5.74, 6) is 0.598. The van der Waals surface area contributed by atoms with E-state index in [2.05, 4.69) is 4.98 Å². The predicted molar refractivity (Wildman–Crippen MR) is 110 cm³/mol. The molecule has 146 valence electrons. The molecule has 3 aromatic carbocycles. The van der Waals surface area contributed by atoms with Crippen molar-refractivity contribution in [3.05, 3.63) is 84.3 Å². The number of fused-ring (bicyclic) bond motifs is 1. The van der Waals surface area contributed by atoms with Gasteiger partial charge >= 0.3 is 0 Å². The third-order valence-corrected chi connectivity index (χ3v) is 4.66. The van der Waals surface area contributed by atoms with Gasteiger partial charge in [-0.15, -0.1) is 0 Å². The second-order valence-corrected chi connectivity index (χ2v) is 6.46. The van der Waals surface area contributed by atoms with Crippen molar-refractivity contribution in [3.63, 3.8) is 0 Å². The van der Waals surface area contributed by atoms with E-state index >= 15 is 0 Å². The Labute approximate surface area is 167 Å². The summed E-state index contributed by atoms with van der Waals surface area (Å²) in [6, 6.07) is 19.9. The molecule has 0 aliphatic heterocycles. The summed E-state index contributed by atoms with van der Waals surface area (Å²) in [4.78, 5) is 4.43. The van der Waals surface area contributed by atoms with Gasteiger partial charge < -0.3 is 9.47 Å². The number of anilines is 1. The number of pyridine rings is 1. The van der Waals surface area contributed by atoms with Crippen molar-refractivity contribution in [2.24, 2.45) is 0 Å². The summed E-state index contributed by atoms with van der Waals surface area (Å²) < 4.78 is 25.6. The summed E-state index contributed by atoms with van der Waals surface area (Å²) in [5, 5.41) is 9.76. The Balaban J connectivity index is 1.74. The van der Waals surface area contributed by atoms with Crippen molar-refractivity contribution in [3.8, 4) is 22.6 Å². The van der Waals surface area contributed by atoms with Crippen LogP contribution in [0.15, 0.2) is 72.9 Å². The third kappa shape index (κ3) is 3.83. The van der Waals surface area contributed by atoms with Crippen LogP contribution in [0.3, 0.4) is 0 Å². The van der Waals surface area contributed by atoms with Crippen molar-refractivity contribution in [1.82, 2.24) is 4.98 Å².